The quantitative estimate of drug-likeness (QED) is 0.753. The van der Waals surface area contributed by atoms with E-state index in [0.29, 0.717) is 12.0 Å². The van der Waals surface area contributed by atoms with Crippen LogP contribution in [0.15, 0.2) is 24.3 Å². The van der Waals surface area contributed by atoms with Crippen LogP contribution in [0, 0.1) is 11.7 Å². The lowest BCUT2D eigenvalue weighted by Crippen LogP contribution is -2.50. The van der Waals surface area contributed by atoms with Crippen molar-refractivity contribution in [2.24, 2.45) is 5.92 Å². The molecule has 3 atom stereocenters. The molecule has 1 aromatic rings. The Bertz CT molecular complexity index is 640. The highest BCUT2D eigenvalue weighted by molar-refractivity contribution is 5.74. The van der Waals surface area contributed by atoms with E-state index in [2.05, 4.69) is 21.1 Å². The van der Waals surface area contributed by atoms with E-state index in [-0.39, 0.29) is 17.9 Å². The van der Waals surface area contributed by atoms with E-state index in [9.17, 15) is 9.18 Å². The summed E-state index contributed by atoms with van der Waals surface area (Å²) < 4.78 is 13.1. The smallest absolute Gasteiger partial charge is 0.317 e. The maximum absolute atomic E-state index is 13.1. The van der Waals surface area contributed by atoms with Crippen LogP contribution in [0.1, 0.15) is 31.2 Å². The SMILES string of the molecule is O=C(NC1CCC2CNNC2C1)N1CCCN(Cc2ccc(F)cc2)CC1. The normalized spacial score (nSPS) is 29.2. The molecule has 7 heteroatoms. The lowest BCUT2D eigenvalue weighted by atomic mass is 9.83. The average molecular weight is 375 g/mol. The van der Waals surface area contributed by atoms with Crippen molar-refractivity contribution in [3.05, 3.63) is 35.6 Å². The number of rotatable bonds is 3. The number of hydrazine groups is 1. The van der Waals surface area contributed by atoms with E-state index >= 15 is 0 Å². The highest BCUT2D eigenvalue weighted by atomic mass is 19.1. The van der Waals surface area contributed by atoms with Crippen LogP contribution in [0.4, 0.5) is 9.18 Å². The molecule has 0 aromatic heterocycles. The van der Waals surface area contributed by atoms with Gasteiger partial charge in [-0.15, -0.1) is 0 Å². The zero-order valence-corrected chi connectivity index (χ0v) is 15.8. The number of urea groups is 1. The molecule has 0 radical (unpaired) electrons. The van der Waals surface area contributed by atoms with Gasteiger partial charge in [0.2, 0.25) is 0 Å². The summed E-state index contributed by atoms with van der Waals surface area (Å²) in [6, 6.07) is 7.53. The highest BCUT2D eigenvalue weighted by Crippen LogP contribution is 2.26. The van der Waals surface area contributed by atoms with Crippen LogP contribution in [0.5, 0.6) is 0 Å². The van der Waals surface area contributed by atoms with Crippen LogP contribution < -0.4 is 16.2 Å². The Hall–Kier alpha value is -1.70. The fourth-order valence-corrected chi connectivity index (χ4v) is 4.55. The fraction of sp³-hybridized carbons (Fsp3) is 0.650. The number of carbonyl (C=O) groups is 1. The number of hydrogen-bond donors (Lipinski definition) is 3. The van der Waals surface area contributed by atoms with Crippen LogP contribution in [0.3, 0.4) is 0 Å². The molecular weight excluding hydrogens is 345 g/mol. The maximum atomic E-state index is 13.1. The first-order chi connectivity index (χ1) is 13.2. The number of benzene rings is 1. The van der Waals surface area contributed by atoms with Gasteiger partial charge in [-0.25, -0.2) is 9.18 Å². The summed E-state index contributed by atoms with van der Waals surface area (Å²) in [6.07, 6.45) is 4.21. The number of nitrogens with one attached hydrogen (secondary N) is 3. The third kappa shape index (κ3) is 4.78. The zero-order chi connectivity index (χ0) is 18.6. The Labute approximate surface area is 160 Å². The fourth-order valence-electron chi connectivity index (χ4n) is 4.55. The van der Waals surface area contributed by atoms with Gasteiger partial charge in [0.05, 0.1) is 0 Å². The monoisotopic (exact) mass is 375 g/mol. The van der Waals surface area contributed by atoms with Gasteiger partial charge >= 0.3 is 6.03 Å². The van der Waals surface area contributed by atoms with Gasteiger partial charge in [0.25, 0.3) is 0 Å². The summed E-state index contributed by atoms with van der Waals surface area (Å²) in [6.45, 7) is 5.20. The minimum atomic E-state index is -0.199. The van der Waals surface area contributed by atoms with Crippen molar-refractivity contribution in [2.45, 2.75) is 44.3 Å². The van der Waals surface area contributed by atoms with Gasteiger partial charge in [-0.3, -0.25) is 15.8 Å². The Morgan fingerprint density at radius 3 is 2.85 bits per heavy atom. The van der Waals surface area contributed by atoms with E-state index < -0.39 is 0 Å². The summed E-state index contributed by atoms with van der Waals surface area (Å²) in [5.74, 6) is 0.506. The molecule has 6 nitrogen and oxygen atoms in total. The molecule has 2 heterocycles. The topological polar surface area (TPSA) is 59.6 Å². The van der Waals surface area contributed by atoms with E-state index in [1.165, 1.54) is 18.6 Å². The minimum absolute atomic E-state index is 0.0769. The molecule has 27 heavy (non-hydrogen) atoms. The van der Waals surface area contributed by atoms with Crippen LogP contribution >= 0.6 is 0 Å². The Kier molecular flexibility index (Phi) is 5.90. The first kappa shape index (κ1) is 18.7. The van der Waals surface area contributed by atoms with Gasteiger partial charge < -0.3 is 10.2 Å². The van der Waals surface area contributed by atoms with Gasteiger partial charge in [0.1, 0.15) is 5.82 Å². The molecule has 3 fully saturated rings. The summed E-state index contributed by atoms with van der Waals surface area (Å²) in [5, 5.41) is 3.26. The van der Waals surface area contributed by atoms with Crippen molar-refractivity contribution >= 4 is 6.03 Å². The van der Waals surface area contributed by atoms with E-state index in [1.54, 1.807) is 0 Å². The molecule has 2 saturated heterocycles. The number of halogens is 1. The summed E-state index contributed by atoms with van der Waals surface area (Å²) >= 11 is 0. The van der Waals surface area contributed by atoms with Gasteiger partial charge in [0.15, 0.2) is 0 Å². The molecule has 3 unspecified atom stereocenters. The molecule has 0 spiro atoms. The number of fused-ring (bicyclic) bond motifs is 1. The third-order valence-electron chi connectivity index (χ3n) is 6.17. The summed E-state index contributed by atoms with van der Waals surface area (Å²) in [4.78, 5) is 17.0. The lowest BCUT2D eigenvalue weighted by molar-refractivity contribution is 0.184. The van der Waals surface area contributed by atoms with Crippen molar-refractivity contribution in [3.8, 4) is 0 Å². The first-order valence-corrected chi connectivity index (χ1v) is 10.2. The molecule has 1 aromatic carbocycles. The first-order valence-electron chi connectivity index (χ1n) is 10.2. The van der Waals surface area contributed by atoms with Crippen LogP contribution in [-0.4, -0.2) is 60.6 Å². The Morgan fingerprint density at radius 2 is 2.00 bits per heavy atom. The average Bonchev–Trinajstić information content (AvgIpc) is 3.01. The molecule has 3 N–H and O–H groups in total. The molecule has 0 bridgehead atoms. The molecule has 2 amide bonds. The van der Waals surface area contributed by atoms with Gasteiger partial charge in [0, 0.05) is 51.4 Å². The second-order valence-corrected chi connectivity index (χ2v) is 8.09. The van der Waals surface area contributed by atoms with Crippen molar-refractivity contribution in [1.82, 2.24) is 26.0 Å². The van der Waals surface area contributed by atoms with E-state index in [1.807, 2.05) is 17.0 Å². The summed E-state index contributed by atoms with van der Waals surface area (Å²) in [5.41, 5.74) is 7.69. The molecule has 4 rings (SSSR count). The zero-order valence-electron chi connectivity index (χ0n) is 15.8. The highest BCUT2D eigenvalue weighted by Gasteiger charge is 2.34. The number of amides is 2. The largest absolute Gasteiger partial charge is 0.335 e. The predicted molar refractivity (Wildman–Crippen MR) is 102 cm³/mol. The summed E-state index contributed by atoms with van der Waals surface area (Å²) in [7, 11) is 0. The molecular formula is C20H30FN5O. The minimum Gasteiger partial charge on any atom is -0.335 e. The van der Waals surface area contributed by atoms with Crippen molar-refractivity contribution in [2.75, 3.05) is 32.7 Å². The second kappa shape index (κ2) is 8.54. The van der Waals surface area contributed by atoms with Crippen molar-refractivity contribution in [3.63, 3.8) is 0 Å². The second-order valence-electron chi connectivity index (χ2n) is 8.09. The number of carbonyl (C=O) groups excluding carboxylic acids is 1. The molecule has 2 aliphatic heterocycles. The predicted octanol–water partition coefficient (Wildman–Crippen LogP) is 1.69. The van der Waals surface area contributed by atoms with Crippen LogP contribution in [0.2, 0.25) is 0 Å². The van der Waals surface area contributed by atoms with Gasteiger partial charge in [-0.1, -0.05) is 12.1 Å². The number of nitrogens with zero attached hydrogens (tertiary/aromatic N) is 2. The lowest BCUT2D eigenvalue weighted by Gasteiger charge is -2.33. The molecule has 1 saturated carbocycles. The molecule has 1 aliphatic carbocycles. The van der Waals surface area contributed by atoms with E-state index in [4.69, 9.17) is 0 Å². The maximum Gasteiger partial charge on any atom is 0.317 e. The molecule has 3 aliphatic rings. The Morgan fingerprint density at radius 1 is 1.15 bits per heavy atom. The van der Waals surface area contributed by atoms with Crippen molar-refractivity contribution in [1.29, 1.82) is 0 Å². The van der Waals surface area contributed by atoms with Crippen LogP contribution in [0.25, 0.3) is 0 Å². The van der Waals surface area contributed by atoms with E-state index in [0.717, 1.165) is 64.1 Å². The molecule has 148 valence electrons. The third-order valence-corrected chi connectivity index (χ3v) is 6.17. The van der Waals surface area contributed by atoms with Crippen LogP contribution in [-0.2, 0) is 6.54 Å². The van der Waals surface area contributed by atoms with Crippen molar-refractivity contribution < 1.29 is 9.18 Å². The van der Waals surface area contributed by atoms with Gasteiger partial charge in [-0.2, -0.15) is 0 Å². The standard InChI is InChI=1S/C20H30FN5O/c21-17-5-2-15(3-6-17)14-25-8-1-9-26(11-10-25)20(27)23-18-7-4-16-13-22-24-19(16)12-18/h2-3,5-6,16,18-19,22,24H,1,4,7-14H2,(H,23,27). The van der Waals surface area contributed by atoms with Gasteiger partial charge in [-0.05, 0) is 49.3 Å². The Balaban J connectivity index is 1.25. The number of hydrogen-bond acceptors (Lipinski definition) is 4.